The van der Waals surface area contributed by atoms with Crippen LogP contribution < -0.4 is 4.90 Å². The summed E-state index contributed by atoms with van der Waals surface area (Å²) in [5.74, 6) is -5.26. The van der Waals surface area contributed by atoms with Crippen molar-refractivity contribution in [2.75, 3.05) is 33.1 Å². The van der Waals surface area contributed by atoms with Crippen LogP contribution >= 0.6 is 0 Å². The second-order valence-electron chi connectivity index (χ2n) is 12.6. The van der Waals surface area contributed by atoms with Gasteiger partial charge in [-0.25, -0.2) is 0 Å². The lowest BCUT2D eigenvalue weighted by molar-refractivity contribution is -0.153. The van der Waals surface area contributed by atoms with E-state index in [-0.39, 0.29) is 41.6 Å². The van der Waals surface area contributed by atoms with E-state index in [0.29, 0.717) is 5.56 Å². The molecule has 0 bridgehead atoms. The Balaban J connectivity index is 1.67. The molecule has 0 saturated heterocycles. The number of carbonyl (C=O) groups is 3. The van der Waals surface area contributed by atoms with E-state index in [9.17, 15) is 34.8 Å². The molecule has 4 aliphatic rings. The fraction of sp³-hybridized carbons (Fsp3) is 0.567. The van der Waals surface area contributed by atoms with Crippen LogP contribution in [0.4, 0.5) is 5.69 Å². The van der Waals surface area contributed by atoms with Crippen molar-refractivity contribution in [2.45, 2.75) is 63.5 Å². The Hall–Kier alpha value is -3.17. The van der Waals surface area contributed by atoms with E-state index in [2.05, 4.69) is 0 Å². The first-order valence-corrected chi connectivity index (χ1v) is 13.6. The Morgan fingerprint density at radius 2 is 1.69 bits per heavy atom. The number of Topliss-reactive ketones (excluding diaryl/α,β-unsaturated/α-hetero) is 3. The van der Waals surface area contributed by atoms with Gasteiger partial charge in [0.25, 0.3) is 0 Å². The largest absolute Gasteiger partial charge is 0.508 e. The first kappa shape index (κ1) is 27.4. The number of hydrogen-bond donors (Lipinski definition) is 4. The van der Waals surface area contributed by atoms with E-state index in [1.807, 2.05) is 25.9 Å². The highest BCUT2D eigenvalue weighted by molar-refractivity contribution is 6.25. The highest BCUT2D eigenvalue weighted by atomic mass is 16.3. The summed E-state index contributed by atoms with van der Waals surface area (Å²) in [6.07, 6.45) is 4.05. The van der Waals surface area contributed by atoms with Crippen molar-refractivity contribution in [3.63, 3.8) is 0 Å². The lowest BCUT2D eigenvalue weighted by Crippen LogP contribution is -2.65. The summed E-state index contributed by atoms with van der Waals surface area (Å²) in [6.45, 7) is 1.98. The van der Waals surface area contributed by atoms with Gasteiger partial charge in [0.05, 0.1) is 11.6 Å². The number of likely N-dealkylation sites (N-methyl/N-ethyl adjacent to an activating group) is 1. The van der Waals surface area contributed by atoms with E-state index < -0.39 is 57.9 Å². The number of nitrogens with zero attached hydrogens (tertiary/aromatic N) is 2. The van der Waals surface area contributed by atoms with Gasteiger partial charge in [0.1, 0.15) is 22.8 Å². The molecule has 5 rings (SSSR count). The number of aliphatic hydroxyl groups is 3. The molecule has 1 aromatic rings. The van der Waals surface area contributed by atoms with Gasteiger partial charge in [0.15, 0.2) is 17.2 Å². The zero-order valence-corrected chi connectivity index (χ0v) is 23.2. The van der Waals surface area contributed by atoms with Gasteiger partial charge >= 0.3 is 0 Å². The molecule has 1 aromatic carbocycles. The van der Waals surface area contributed by atoms with Crippen molar-refractivity contribution in [1.82, 2.24) is 4.90 Å². The second kappa shape index (κ2) is 9.20. The van der Waals surface area contributed by atoms with Gasteiger partial charge in [0, 0.05) is 37.7 Å². The Kier molecular flexibility index (Phi) is 6.46. The SMILES string of the molecule is CN(C)c1ccc(O)c2c1C[C@@H]1C[C@@H]3[C@@H](N(C)C)C(=O)C(C(=O)CC4(C)CCCC4)=C(O)[C@]3(O)C(=O)C1=C2O. The highest BCUT2D eigenvalue weighted by Crippen LogP contribution is 2.54. The topological polar surface area (TPSA) is 139 Å². The number of aromatic hydroxyl groups is 1. The maximum atomic E-state index is 14.1. The Labute approximate surface area is 228 Å². The molecule has 4 aliphatic carbocycles. The first-order chi connectivity index (χ1) is 18.2. The Morgan fingerprint density at radius 3 is 2.28 bits per heavy atom. The number of benzene rings is 1. The first-order valence-electron chi connectivity index (χ1n) is 13.6. The van der Waals surface area contributed by atoms with Crippen LogP contribution in [0.1, 0.15) is 56.6 Å². The molecular weight excluding hydrogens is 500 g/mol. The van der Waals surface area contributed by atoms with Crippen molar-refractivity contribution in [2.24, 2.45) is 17.3 Å². The minimum Gasteiger partial charge on any atom is -0.508 e. The molecule has 0 amide bonds. The molecule has 0 aromatic heterocycles. The van der Waals surface area contributed by atoms with E-state index in [4.69, 9.17) is 0 Å². The standard InChI is InChI=1S/C30H38N2O7/c1-29(10-6-7-11-29)14-20(34)23-26(36)24(32(4)5)17-13-15-12-16-18(31(2)3)8-9-19(33)22(16)25(35)21(15)27(37)30(17,39)28(23)38/h8-9,15,17,24,33,35,38-39H,6-7,10-14H2,1-5H3/t15-,17-,24-,30-/m1/s1. The van der Waals surface area contributed by atoms with Crippen molar-refractivity contribution in [3.05, 3.63) is 40.2 Å². The number of ketones is 3. The number of hydrogen-bond acceptors (Lipinski definition) is 9. The van der Waals surface area contributed by atoms with Crippen LogP contribution in [0.25, 0.3) is 5.76 Å². The van der Waals surface area contributed by atoms with Crippen LogP contribution in [0.5, 0.6) is 5.75 Å². The lowest BCUT2D eigenvalue weighted by Gasteiger charge is -2.50. The minimum absolute atomic E-state index is 0.0400. The van der Waals surface area contributed by atoms with Crippen LogP contribution in [0, 0.1) is 17.3 Å². The smallest absolute Gasteiger partial charge is 0.202 e. The number of rotatable bonds is 5. The molecule has 9 nitrogen and oxygen atoms in total. The Morgan fingerprint density at radius 1 is 1.05 bits per heavy atom. The van der Waals surface area contributed by atoms with Crippen LogP contribution in [0.2, 0.25) is 0 Å². The number of anilines is 1. The summed E-state index contributed by atoms with van der Waals surface area (Å²) < 4.78 is 0. The van der Waals surface area contributed by atoms with Crippen molar-refractivity contribution in [1.29, 1.82) is 0 Å². The van der Waals surface area contributed by atoms with Gasteiger partial charge < -0.3 is 25.3 Å². The number of fused-ring (bicyclic) bond motifs is 3. The monoisotopic (exact) mass is 538 g/mol. The van der Waals surface area contributed by atoms with E-state index in [1.165, 1.54) is 6.07 Å². The maximum absolute atomic E-state index is 14.1. The van der Waals surface area contributed by atoms with Gasteiger partial charge in [-0.3, -0.25) is 19.3 Å². The highest BCUT2D eigenvalue weighted by Gasteiger charge is 2.64. The number of carbonyl (C=O) groups excluding carboxylic acids is 3. The van der Waals surface area contributed by atoms with Crippen LogP contribution in [-0.2, 0) is 20.8 Å². The molecule has 210 valence electrons. The number of aliphatic hydroxyl groups excluding tert-OH is 2. The van der Waals surface area contributed by atoms with Gasteiger partial charge in [-0.1, -0.05) is 19.8 Å². The normalized spacial score (nSPS) is 29.9. The van der Waals surface area contributed by atoms with E-state index in [1.54, 1.807) is 25.1 Å². The summed E-state index contributed by atoms with van der Waals surface area (Å²) >= 11 is 0. The minimum atomic E-state index is -2.56. The fourth-order valence-corrected chi connectivity index (χ4v) is 7.56. The van der Waals surface area contributed by atoms with Crippen LogP contribution in [-0.4, -0.2) is 82.5 Å². The predicted octanol–water partition coefficient (Wildman–Crippen LogP) is 3.08. The molecule has 0 unspecified atom stereocenters. The zero-order chi connectivity index (χ0) is 28.6. The summed E-state index contributed by atoms with van der Waals surface area (Å²) in [7, 11) is 6.97. The van der Waals surface area contributed by atoms with Crippen molar-refractivity contribution >= 4 is 28.8 Å². The van der Waals surface area contributed by atoms with Crippen LogP contribution in [0.3, 0.4) is 0 Å². The van der Waals surface area contributed by atoms with Crippen molar-refractivity contribution < 1.29 is 34.8 Å². The molecule has 0 spiro atoms. The van der Waals surface area contributed by atoms with E-state index >= 15 is 0 Å². The summed E-state index contributed by atoms with van der Waals surface area (Å²) in [6, 6.07) is 2.15. The third kappa shape index (κ3) is 3.92. The molecule has 4 N–H and O–H groups in total. The molecule has 4 atom stereocenters. The molecule has 9 heteroatoms. The van der Waals surface area contributed by atoms with Crippen molar-refractivity contribution in [3.8, 4) is 5.75 Å². The fourth-order valence-electron chi connectivity index (χ4n) is 7.56. The molecular formula is C30H38N2O7. The lowest BCUT2D eigenvalue weighted by atomic mass is 9.57. The van der Waals surface area contributed by atoms with Gasteiger partial charge in [0.2, 0.25) is 5.78 Å². The molecule has 0 radical (unpaired) electrons. The molecule has 2 saturated carbocycles. The quantitative estimate of drug-likeness (QED) is 0.417. The van der Waals surface area contributed by atoms with Gasteiger partial charge in [-0.05, 0) is 68.8 Å². The molecule has 39 heavy (non-hydrogen) atoms. The summed E-state index contributed by atoms with van der Waals surface area (Å²) in [5.41, 5.74) is -1.93. The van der Waals surface area contributed by atoms with Crippen LogP contribution in [0.15, 0.2) is 29.0 Å². The third-order valence-corrected chi connectivity index (χ3v) is 9.49. The summed E-state index contributed by atoms with van der Waals surface area (Å²) in [4.78, 5) is 44.9. The Bertz CT molecular complexity index is 1330. The average molecular weight is 539 g/mol. The van der Waals surface area contributed by atoms with Gasteiger partial charge in [-0.2, -0.15) is 0 Å². The second-order valence-corrected chi connectivity index (χ2v) is 12.6. The zero-order valence-electron chi connectivity index (χ0n) is 23.2. The molecule has 2 fully saturated rings. The number of phenols is 1. The molecule has 0 aliphatic heterocycles. The summed E-state index contributed by atoms with van der Waals surface area (Å²) in [5, 5.41) is 45.4. The number of phenolic OH excluding ortho intramolecular Hbond substituents is 1. The maximum Gasteiger partial charge on any atom is 0.202 e. The third-order valence-electron chi connectivity index (χ3n) is 9.49. The van der Waals surface area contributed by atoms with E-state index in [0.717, 1.165) is 31.4 Å². The predicted molar refractivity (Wildman–Crippen MR) is 146 cm³/mol. The average Bonchev–Trinajstić information content (AvgIpc) is 3.26. The molecule has 0 heterocycles. The van der Waals surface area contributed by atoms with Gasteiger partial charge in [-0.15, -0.1) is 0 Å².